The van der Waals surface area contributed by atoms with Crippen LogP contribution in [0.1, 0.15) is 17.0 Å². The fourth-order valence-electron chi connectivity index (χ4n) is 2.98. The Morgan fingerprint density at radius 2 is 2.19 bits per heavy atom. The van der Waals surface area contributed by atoms with Gasteiger partial charge in [-0.15, -0.1) is 0 Å². The first-order chi connectivity index (χ1) is 13.0. The summed E-state index contributed by atoms with van der Waals surface area (Å²) in [7, 11) is 1.54. The summed E-state index contributed by atoms with van der Waals surface area (Å²) < 4.78 is 17.3. The monoisotopic (exact) mass is 428 g/mol. The second-order valence-electron chi connectivity index (χ2n) is 5.78. The fourth-order valence-corrected chi connectivity index (χ4v) is 3.55. The Morgan fingerprint density at radius 3 is 2.85 bits per heavy atom. The minimum atomic E-state index is -0.474. The van der Waals surface area contributed by atoms with Crippen molar-refractivity contribution in [3.05, 3.63) is 70.0 Å². The Balaban J connectivity index is 2.18. The van der Waals surface area contributed by atoms with E-state index < -0.39 is 5.92 Å². The quantitative estimate of drug-likeness (QED) is 0.699. The van der Waals surface area contributed by atoms with Crippen LogP contribution in [0, 0.1) is 11.3 Å². The maximum Gasteiger partial charge on any atom is 0.205 e. The number of ether oxygens (including phenoxy) is 3. The zero-order valence-corrected chi connectivity index (χ0v) is 16.1. The van der Waals surface area contributed by atoms with Crippen molar-refractivity contribution in [2.75, 3.05) is 13.7 Å². The van der Waals surface area contributed by atoms with Gasteiger partial charge in [0.2, 0.25) is 5.88 Å². The van der Waals surface area contributed by atoms with E-state index in [4.69, 9.17) is 19.9 Å². The Hall–Kier alpha value is -3.11. The number of halogens is 1. The molecule has 0 unspecified atom stereocenters. The average molecular weight is 429 g/mol. The van der Waals surface area contributed by atoms with Crippen molar-refractivity contribution < 1.29 is 19.3 Å². The lowest BCUT2D eigenvalue weighted by molar-refractivity contribution is 0.324. The number of nitriles is 1. The SMILES string of the molecule is C=CCOc1c(Br)cc([C@@H]2C(C#N)=C(N)Oc3cc(O)ccc32)cc1OC. The number of aromatic hydroxyl groups is 1. The summed E-state index contributed by atoms with van der Waals surface area (Å²) in [5.74, 6) is 1.02. The predicted octanol–water partition coefficient (Wildman–Crippen LogP) is 3.95. The highest BCUT2D eigenvalue weighted by atomic mass is 79.9. The minimum Gasteiger partial charge on any atom is -0.508 e. The summed E-state index contributed by atoms with van der Waals surface area (Å²) in [6, 6.07) is 10.5. The maximum atomic E-state index is 9.75. The number of allylic oxidation sites excluding steroid dienone is 1. The highest BCUT2D eigenvalue weighted by Gasteiger charge is 2.32. The van der Waals surface area contributed by atoms with E-state index in [2.05, 4.69) is 28.6 Å². The third-order valence-electron chi connectivity index (χ3n) is 4.13. The van der Waals surface area contributed by atoms with Gasteiger partial charge in [-0.2, -0.15) is 5.26 Å². The molecule has 3 rings (SSSR count). The topological polar surface area (TPSA) is 97.7 Å². The molecule has 7 heteroatoms. The van der Waals surface area contributed by atoms with E-state index in [0.717, 1.165) is 5.56 Å². The van der Waals surface area contributed by atoms with Gasteiger partial charge in [0.05, 0.1) is 17.5 Å². The molecule has 2 aromatic rings. The van der Waals surface area contributed by atoms with Gasteiger partial charge in [0, 0.05) is 11.6 Å². The van der Waals surface area contributed by atoms with E-state index in [1.54, 1.807) is 24.3 Å². The van der Waals surface area contributed by atoms with Crippen molar-refractivity contribution in [2.45, 2.75) is 5.92 Å². The fraction of sp³-hybridized carbons (Fsp3) is 0.150. The first-order valence-corrected chi connectivity index (χ1v) is 8.81. The first-order valence-electron chi connectivity index (χ1n) is 8.01. The molecule has 0 aliphatic carbocycles. The number of nitrogens with zero attached hydrogens (tertiary/aromatic N) is 1. The maximum absolute atomic E-state index is 9.75. The zero-order valence-electron chi connectivity index (χ0n) is 14.5. The van der Waals surface area contributed by atoms with Gasteiger partial charge in [0.1, 0.15) is 29.7 Å². The second kappa shape index (κ2) is 7.64. The molecule has 1 aliphatic heterocycles. The predicted molar refractivity (Wildman–Crippen MR) is 104 cm³/mol. The van der Waals surface area contributed by atoms with Crippen LogP contribution in [0.15, 0.2) is 58.9 Å². The standard InChI is InChI=1S/C20H17BrN2O4/c1-3-6-26-19-15(21)7-11(8-17(19)25-2)18-13-5-4-12(24)9-16(13)27-20(23)14(18)10-22/h3-5,7-9,18,24H,1,6,23H2,2H3/t18-/m0/s1. The van der Waals surface area contributed by atoms with Gasteiger partial charge in [-0.25, -0.2) is 0 Å². The summed E-state index contributed by atoms with van der Waals surface area (Å²) in [6.07, 6.45) is 1.64. The van der Waals surface area contributed by atoms with Crippen molar-refractivity contribution >= 4 is 15.9 Å². The summed E-state index contributed by atoms with van der Waals surface area (Å²) >= 11 is 3.50. The molecule has 0 radical (unpaired) electrons. The highest BCUT2D eigenvalue weighted by Crippen LogP contribution is 2.46. The normalized spacial score (nSPS) is 15.4. The van der Waals surface area contributed by atoms with Crippen LogP contribution in [-0.2, 0) is 0 Å². The van der Waals surface area contributed by atoms with E-state index in [1.165, 1.54) is 13.2 Å². The molecule has 0 spiro atoms. The molecule has 138 valence electrons. The number of hydrogen-bond donors (Lipinski definition) is 2. The molecular formula is C20H17BrN2O4. The van der Waals surface area contributed by atoms with Gasteiger partial charge in [0.25, 0.3) is 0 Å². The summed E-state index contributed by atoms with van der Waals surface area (Å²) in [6.45, 7) is 3.97. The van der Waals surface area contributed by atoms with Crippen LogP contribution in [0.4, 0.5) is 0 Å². The lowest BCUT2D eigenvalue weighted by Gasteiger charge is -2.27. The van der Waals surface area contributed by atoms with Crippen LogP contribution in [0.3, 0.4) is 0 Å². The molecule has 0 bridgehead atoms. The number of fused-ring (bicyclic) bond motifs is 1. The van der Waals surface area contributed by atoms with Crippen molar-refractivity contribution in [1.82, 2.24) is 0 Å². The van der Waals surface area contributed by atoms with Gasteiger partial charge in [-0.1, -0.05) is 18.7 Å². The highest BCUT2D eigenvalue weighted by molar-refractivity contribution is 9.10. The smallest absolute Gasteiger partial charge is 0.205 e. The number of rotatable bonds is 5. The minimum absolute atomic E-state index is 0.00248. The van der Waals surface area contributed by atoms with Crippen LogP contribution < -0.4 is 19.9 Å². The molecule has 27 heavy (non-hydrogen) atoms. The van der Waals surface area contributed by atoms with Crippen molar-refractivity contribution in [1.29, 1.82) is 5.26 Å². The summed E-state index contributed by atoms with van der Waals surface area (Å²) in [4.78, 5) is 0. The number of methoxy groups -OCH3 is 1. The molecule has 3 N–H and O–H groups in total. The molecule has 1 aliphatic rings. The van der Waals surface area contributed by atoms with Crippen LogP contribution in [0.2, 0.25) is 0 Å². The molecule has 2 aromatic carbocycles. The lowest BCUT2D eigenvalue weighted by Crippen LogP contribution is -2.21. The molecule has 0 saturated heterocycles. The number of benzene rings is 2. The van der Waals surface area contributed by atoms with Crippen LogP contribution in [0.25, 0.3) is 0 Å². The number of nitrogens with two attached hydrogens (primary N) is 1. The first kappa shape index (κ1) is 18.7. The van der Waals surface area contributed by atoms with Gasteiger partial charge in [-0.3, -0.25) is 0 Å². The number of phenolic OH excluding ortho intramolecular Hbond substituents is 1. The molecule has 0 saturated carbocycles. The largest absolute Gasteiger partial charge is 0.508 e. The second-order valence-corrected chi connectivity index (χ2v) is 6.64. The van der Waals surface area contributed by atoms with E-state index >= 15 is 0 Å². The van der Waals surface area contributed by atoms with E-state index in [9.17, 15) is 10.4 Å². The Bertz CT molecular complexity index is 979. The molecule has 6 nitrogen and oxygen atoms in total. The van der Waals surface area contributed by atoms with E-state index in [1.807, 2.05) is 6.07 Å². The van der Waals surface area contributed by atoms with Gasteiger partial charge in [-0.05, 0) is 39.7 Å². The molecule has 1 heterocycles. The summed E-state index contributed by atoms with van der Waals surface area (Å²) in [5.41, 5.74) is 7.72. The van der Waals surface area contributed by atoms with Gasteiger partial charge < -0.3 is 25.1 Å². The average Bonchev–Trinajstić information content (AvgIpc) is 2.65. The summed E-state index contributed by atoms with van der Waals surface area (Å²) in [5, 5.41) is 19.4. The van der Waals surface area contributed by atoms with Crippen molar-refractivity contribution in [2.24, 2.45) is 5.73 Å². The molecular weight excluding hydrogens is 412 g/mol. The molecule has 1 atom stereocenters. The van der Waals surface area contributed by atoms with Crippen LogP contribution in [0.5, 0.6) is 23.0 Å². The number of hydrogen-bond acceptors (Lipinski definition) is 6. The Morgan fingerprint density at radius 1 is 1.41 bits per heavy atom. The lowest BCUT2D eigenvalue weighted by atomic mass is 9.83. The zero-order chi connectivity index (χ0) is 19.6. The van der Waals surface area contributed by atoms with Crippen molar-refractivity contribution in [3.63, 3.8) is 0 Å². The van der Waals surface area contributed by atoms with Gasteiger partial charge >= 0.3 is 0 Å². The van der Waals surface area contributed by atoms with Crippen LogP contribution in [-0.4, -0.2) is 18.8 Å². The molecule has 0 amide bonds. The van der Waals surface area contributed by atoms with E-state index in [0.29, 0.717) is 33.9 Å². The Labute approximate surface area is 165 Å². The number of phenols is 1. The Kier molecular flexibility index (Phi) is 5.28. The van der Waals surface area contributed by atoms with E-state index in [-0.39, 0.29) is 17.2 Å². The van der Waals surface area contributed by atoms with Crippen molar-refractivity contribution in [3.8, 4) is 29.1 Å². The molecule has 0 fully saturated rings. The van der Waals surface area contributed by atoms with Crippen LogP contribution >= 0.6 is 15.9 Å². The third-order valence-corrected chi connectivity index (χ3v) is 4.72. The van der Waals surface area contributed by atoms with Gasteiger partial charge in [0.15, 0.2) is 11.5 Å². The molecule has 0 aromatic heterocycles. The third kappa shape index (κ3) is 3.44.